The van der Waals surface area contributed by atoms with E-state index in [-0.39, 0.29) is 44.0 Å². The topological polar surface area (TPSA) is 78.9 Å². The van der Waals surface area contributed by atoms with Gasteiger partial charge in [0.1, 0.15) is 13.2 Å². The fourth-order valence-corrected chi connectivity index (χ4v) is 6.34. The van der Waals surface area contributed by atoms with Gasteiger partial charge in [0.2, 0.25) is 0 Å². The van der Waals surface area contributed by atoms with E-state index in [1.165, 1.54) is 70.6 Å². The van der Waals surface area contributed by atoms with E-state index in [4.69, 9.17) is 14.2 Å². The number of hydrogen-bond donors (Lipinski definition) is 0. The maximum atomic E-state index is 12.8. The fraction of sp³-hybridized carbons (Fsp3) is 0.596. The van der Waals surface area contributed by atoms with Gasteiger partial charge in [-0.2, -0.15) is 0 Å². The van der Waals surface area contributed by atoms with Crippen molar-refractivity contribution >= 4 is 17.9 Å². The summed E-state index contributed by atoms with van der Waals surface area (Å²) in [6, 6.07) is 0. The Balaban J connectivity index is 4.59. The van der Waals surface area contributed by atoms with Crippen LogP contribution in [-0.2, 0) is 28.6 Å². The lowest BCUT2D eigenvalue weighted by atomic mass is 10.1. The molecule has 0 fully saturated rings. The van der Waals surface area contributed by atoms with Crippen LogP contribution < -0.4 is 0 Å². The van der Waals surface area contributed by atoms with Crippen LogP contribution in [0.25, 0.3) is 0 Å². The summed E-state index contributed by atoms with van der Waals surface area (Å²) in [5.41, 5.74) is 0. The van der Waals surface area contributed by atoms with E-state index < -0.39 is 6.10 Å². The smallest absolute Gasteiger partial charge is 0.306 e. The normalized spacial score (nSPS) is 13.1. The molecule has 0 bridgehead atoms. The minimum Gasteiger partial charge on any atom is -0.462 e. The molecule has 1 unspecified atom stereocenters. The average molecular weight is 871 g/mol. The first-order valence-corrected chi connectivity index (χ1v) is 25.1. The molecule has 1 atom stereocenters. The maximum absolute atomic E-state index is 12.8. The highest BCUT2D eigenvalue weighted by atomic mass is 16.6. The van der Waals surface area contributed by atoms with Crippen molar-refractivity contribution in [3.05, 3.63) is 122 Å². The average Bonchev–Trinajstić information content (AvgIpc) is 3.28. The van der Waals surface area contributed by atoms with Crippen molar-refractivity contribution < 1.29 is 28.6 Å². The number of esters is 3. The van der Waals surface area contributed by atoms with Crippen molar-refractivity contribution in [3.8, 4) is 0 Å². The molecule has 0 spiro atoms. The number of carbonyl (C=O) groups is 3. The third kappa shape index (κ3) is 48.7. The molecule has 0 N–H and O–H groups in total. The predicted molar refractivity (Wildman–Crippen MR) is 269 cm³/mol. The molecule has 0 aliphatic carbocycles. The first-order valence-electron chi connectivity index (χ1n) is 25.1. The molecule has 0 aromatic carbocycles. The standard InChI is InChI=1S/C57H90O6/c1-4-7-10-13-16-19-22-25-27-28-30-32-35-38-41-44-47-50-56(59)62-53-54(52-61-55(58)49-46-43-40-37-34-31-24-21-18-15-12-9-6-3)63-57(60)51-48-45-42-39-36-33-29-26-23-20-17-14-11-8-5-2/h7,10,13,16-17,19-20,22-23,25-28,30-32,34-35,40,43,54H,4-6,8-9,11-12,14-15,18,21,24,29,33,36-39,41-42,44-53H2,1-3H3/b10-7+,16-13+,20-17+,22-19+,26-23+,27-25+,30-28+,34-31+,35-32+,43-40+. The van der Waals surface area contributed by atoms with Crippen molar-refractivity contribution in [2.75, 3.05) is 13.2 Å². The Labute approximate surface area is 386 Å². The van der Waals surface area contributed by atoms with Gasteiger partial charge in [-0.05, 0) is 83.5 Å². The molecule has 6 nitrogen and oxygen atoms in total. The molecule has 0 aromatic rings. The summed E-state index contributed by atoms with van der Waals surface area (Å²) in [5.74, 6) is -1.06. The summed E-state index contributed by atoms with van der Waals surface area (Å²) in [6.07, 6.45) is 69.0. The van der Waals surface area contributed by atoms with E-state index in [0.717, 1.165) is 83.5 Å². The Morgan fingerprint density at radius 1 is 0.349 bits per heavy atom. The summed E-state index contributed by atoms with van der Waals surface area (Å²) >= 11 is 0. The first-order chi connectivity index (χ1) is 31.0. The number of rotatable bonds is 43. The number of hydrogen-bond acceptors (Lipinski definition) is 6. The van der Waals surface area contributed by atoms with Crippen LogP contribution in [0.15, 0.2) is 122 Å². The third-order valence-electron chi connectivity index (χ3n) is 10.1. The largest absolute Gasteiger partial charge is 0.462 e. The van der Waals surface area contributed by atoms with Crippen LogP contribution in [0.1, 0.15) is 201 Å². The number of unbranched alkanes of at least 4 members (excludes halogenated alkanes) is 18. The monoisotopic (exact) mass is 871 g/mol. The van der Waals surface area contributed by atoms with Gasteiger partial charge in [0, 0.05) is 19.3 Å². The van der Waals surface area contributed by atoms with Crippen molar-refractivity contribution in [1.29, 1.82) is 0 Å². The first kappa shape index (κ1) is 58.8. The molecule has 0 aliphatic heterocycles. The van der Waals surface area contributed by atoms with E-state index in [1.54, 1.807) is 0 Å². The van der Waals surface area contributed by atoms with E-state index in [2.05, 4.69) is 75.5 Å². The highest BCUT2D eigenvalue weighted by Crippen LogP contribution is 2.12. The van der Waals surface area contributed by atoms with E-state index in [9.17, 15) is 14.4 Å². The number of carbonyl (C=O) groups excluding carboxylic acids is 3. The molecule has 0 radical (unpaired) electrons. The second-order valence-electron chi connectivity index (χ2n) is 16.2. The molecule has 0 heterocycles. The van der Waals surface area contributed by atoms with Gasteiger partial charge in [0.15, 0.2) is 6.10 Å². The highest BCUT2D eigenvalue weighted by molar-refractivity contribution is 5.71. The summed E-state index contributed by atoms with van der Waals surface area (Å²) in [4.78, 5) is 37.9. The molecule has 0 rings (SSSR count). The van der Waals surface area contributed by atoms with Gasteiger partial charge in [0.05, 0.1) is 0 Å². The van der Waals surface area contributed by atoms with Crippen molar-refractivity contribution in [1.82, 2.24) is 0 Å². The van der Waals surface area contributed by atoms with E-state index in [0.29, 0.717) is 12.8 Å². The van der Waals surface area contributed by atoms with Gasteiger partial charge < -0.3 is 14.2 Å². The van der Waals surface area contributed by atoms with Gasteiger partial charge in [-0.1, -0.05) is 219 Å². The minimum atomic E-state index is -0.828. The second kappa shape index (κ2) is 50.5. The zero-order chi connectivity index (χ0) is 45.8. The summed E-state index contributed by atoms with van der Waals surface area (Å²) < 4.78 is 16.7. The zero-order valence-corrected chi connectivity index (χ0v) is 40.3. The maximum Gasteiger partial charge on any atom is 0.306 e. The van der Waals surface area contributed by atoms with Crippen LogP contribution in [0.4, 0.5) is 0 Å². The lowest BCUT2D eigenvalue weighted by Gasteiger charge is -2.18. The Morgan fingerprint density at radius 2 is 0.714 bits per heavy atom. The van der Waals surface area contributed by atoms with E-state index in [1.807, 2.05) is 66.8 Å². The third-order valence-corrected chi connectivity index (χ3v) is 10.1. The van der Waals surface area contributed by atoms with Crippen molar-refractivity contribution in [3.63, 3.8) is 0 Å². The van der Waals surface area contributed by atoms with Crippen LogP contribution in [0.3, 0.4) is 0 Å². The van der Waals surface area contributed by atoms with Gasteiger partial charge in [-0.15, -0.1) is 0 Å². The molecular weight excluding hydrogens is 781 g/mol. The molecule has 63 heavy (non-hydrogen) atoms. The van der Waals surface area contributed by atoms with Gasteiger partial charge in [-0.3, -0.25) is 14.4 Å². The Morgan fingerprint density at radius 3 is 1.25 bits per heavy atom. The van der Waals surface area contributed by atoms with Crippen molar-refractivity contribution in [2.24, 2.45) is 0 Å². The quantitative estimate of drug-likeness (QED) is 0.0200. The Hall–Kier alpha value is -4.19. The SMILES string of the molecule is CC/C=C/C=C/C=C/C=C/C=C/C=C/CCCCCC(=O)OCC(COC(=O)CC/C=C/C/C=C/CCCCCCCC)OC(=O)CCCCCCCC/C=C/C=C/CCCCC. The van der Waals surface area contributed by atoms with Crippen LogP contribution in [0.5, 0.6) is 0 Å². The fourth-order valence-electron chi connectivity index (χ4n) is 6.34. The molecule has 354 valence electrons. The summed E-state index contributed by atoms with van der Waals surface area (Å²) in [5, 5.41) is 0. The molecule has 0 amide bonds. The van der Waals surface area contributed by atoms with Gasteiger partial charge in [-0.25, -0.2) is 0 Å². The van der Waals surface area contributed by atoms with Gasteiger partial charge >= 0.3 is 17.9 Å². The second-order valence-corrected chi connectivity index (χ2v) is 16.2. The van der Waals surface area contributed by atoms with E-state index >= 15 is 0 Å². The minimum absolute atomic E-state index is 0.127. The summed E-state index contributed by atoms with van der Waals surface area (Å²) in [7, 11) is 0. The highest BCUT2D eigenvalue weighted by Gasteiger charge is 2.19. The van der Waals surface area contributed by atoms with Crippen molar-refractivity contribution in [2.45, 2.75) is 207 Å². The Kier molecular flexibility index (Phi) is 47.1. The lowest BCUT2D eigenvalue weighted by molar-refractivity contribution is -0.166. The van der Waals surface area contributed by atoms with Crippen LogP contribution >= 0.6 is 0 Å². The van der Waals surface area contributed by atoms with Crippen LogP contribution in [0, 0.1) is 0 Å². The van der Waals surface area contributed by atoms with Crippen LogP contribution in [-0.4, -0.2) is 37.2 Å². The molecular formula is C57H90O6. The number of allylic oxidation sites excluding steroid dienone is 20. The number of ether oxygens (including phenoxy) is 3. The van der Waals surface area contributed by atoms with Gasteiger partial charge in [0.25, 0.3) is 0 Å². The molecule has 0 aliphatic rings. The lowest BCUT2D eigenvalue weighted by Crippen LogP contribution is -2.30. The zero-order valence-electron chi connectivity index (χ0n) is 40.3. The molecule has 0 saturated heterocycles. The molecule has 0 saturated carbocycles. The Bertz CT molecular complexity index is 1370. The van der Waals surface area contributed by atoms with Crippen LogP contribution in [0.2, 0.25) is 0 Å². The molecule has 0 aromatic heterocycles. The summed E-state index contributed by atoms with van der Waals surface area (Å²) in [6.45, 7) is 6.33. The predicted octanol–water partition coefficient (Wildman–Crippen LogP) is 16.5. The molecule has 6 heteroatoms.